The number of piperidine rings is 1. The Hall–Kier alpha value is -3.39. The first kappa shape index (κ1) is 25.7. The van der Waals surface area contributed by atoms with Gasteiger partial charge in [0, 0.05) is 35.8 Å². The summed E-state index contributed by atoms with van der Waals surface area (Å²) in [6.45, 7) is 8.13. The van der Waals surface area contributed by atoms with Gasteiger partial charge in [-0.05, 0) is 76.9 Å². The fraction of sp³-hybridized carbons (Fsp3) is 0.370. The highest BCUT2D eigenvalue weighted by atomic mass is 35.5. The lowest BCUT2D eigenvalue weighted by atomic mass is 9.96. The molecule has 0 radical (unpaired) electrons. The molecule has 2 amide bonds. The minimum Gasteiger partial charge on any atom is -0.444 e. The summed E-state index contributed by atoms with van der Waals surface area (Å²) in [6, 6.07) is 11.1. The van der Waals surface area contributed by atoms with E-state index in [1.807, 2.05) is 20.8 Å². The monoisotopic (exact) mass is 513 g/mol. The SMILES string of the molecule is Cc1cc2cc(NC(=O)C3CCN(C(=O)OC(C)(C)C)CC3)ccc2n1C(=O)c1c(F)cccc1Cl. The van der Waals surface area contributed by atoms with Crippen LogP contribution in [0.4, 0.5) is 14.9 Å². The molecule has 2 aromatic carbocycles. The van der Waals surface area contributed by atoms with Crippen LogP contribution in [0, 0.1) is 18.7 Å². The van der Waals surface area contributed by atoms with Crippen molar-refractivity contribution in [1.29, 1.82) is 0 Å². The molecule has 2 heterocycles. The Labute approximate surface area is 214 Å². The van der Waals surface area contributed by atoms with E-state index in [1.54, 1.807) is 36.1 Å². The second kappa shape index (κ2) is 9.93. The van der Waals surface area contributed by atoms with E-state index in [4.69, 9.17) is 16.3 Å². The largest absolute Gasteiger partial charge is 0.444 e. The van der Waals surface area contributed by atoms with E-state index in [9.17, 15) is 18.8 Å². The van der Waals surface area contributed by atoms with Crippen molar-refractivity contribution in [2.75, 3.05) is 18.4 Å². The Morgan fingerprint density at radius 1 is 1.08 bits per heavy atom. The summed E-state index contributed by atoms with van der Waals surface area (Å²) in [5.41, 5.74) is 1.05. The van der Waals surface area contributed by atoms with Gasteiger partial charge >= 0.3 is 6.09 Å². The number of carbonyl (C=O) groups is 3. The van der Waals surface area contributed by atoms with E-state index in [1.165, 1.54) is 22.8 Å². The van der Waals surface area contributed by atoms with Crippen LogP contribution in [0.25, 0.3) is 10.9 Å². The van der Waals surface area contributed by atoms with Gasteiger partial charge in [-0.2, -0.15) is 0 Å². The maximum atomic E-state index is 14.4. The summed E-state index contributed by atoms with van der Waals surface area (Å²) in [5, 5.41) is 3.72. The second-order valence-corrected chi connectivity index (χ2v) is 10.4. The number of hydrogen-bond donors (Lipinski definition) is 1. The predicted octanol–water partition coefficient (Wildman–Crippen LogP) is 6.02. The third kappa shape index (κ3) is 5.38. The number of aryl methyl sites for hydroxylation is 1. The molecule has 4 rings (SSSR count). The average Bonchev–Trinajstić information content (AvgIpc) is 3.12. The molecule has 190 valence electrons. The zero-order chi connectivity index (χ0) is 26.2. The van der Waals surface area contributed by atoms with Crippen LogP contribution >= 0.6 is 11.6 Å². The number of benzene rings is 2. The van der Waals surface area contributed by atoms with Gasteiger partial charge in [0.2, 0.25) is 5.91 Å². The first-order chi connectivity index (χ1) is 16.9. The van der Waals surface area contributed by atoms with E-state index in [0.717, 1.165) is 5.39 Å². The molecular formula is C27H29ClFN3O4. The molecule has 7 nitrogen and oxygen atoms in total. The molecule has 1 saturated heterocycles. The number of fused-ring (bicyclic) bond motifs is 1. The number of anilines is 1. The number of likely N-dealkylation sites (tertiary alicyclic amines) is 1. The summed E-state index contributed by atoms with van der Waals surface area (Å²) in [7, 11) is 0. The molecule has 3 aromatic rings. The van der Waals surface area contributed by atoms with E-state index in [0.29, 0.717) is 42.8 Å². The van der Waals surface area contributed by atoms with Crippen LogP contribution in [0.5, 0.6) is 0 Å². The quantitative estimate of drug-likeness (QED) is 0.464. The summed E-state index contributed by atoms with van der Waals surface area (Å²) in [6.07, 6.45) is 0.722. The first-order valence-electron chi connectivity index (χ1n) is 11.8. The van der Waals surface area contributed by atoms with Crippen LogP contribution in [0.1, 0.15) is 49.7 Å². The molecule has 9 heteroatoms. The number of amides is 2. The van der Waals surface area contributed by atoms with Crippen molar-refractivity contribution >= 4 is 46.1 Å². The van der Waals surface area contributed by atoms with Crippen LogP contribution in [-0.2, 0) is 9.53 Å². The molecule has 1 fully saturated rings. The lowest BCUT2D eigenvalue weighted by molar-refractivity contribution is -0.121. The van der Waals surface area contributed by atoms with Gasteiger partial charge in [-0.1, -0.05) is 17.7 Å². The second-order valence-electron chi connectivity index (χ2n) is 10.0. The number of aromatic nitrogens is 1. The van der Waals surface area contributed by atoms with E-state index in [-0.39, 0.29) is 28.5 Å². The van der Waals surface area contributed by atoms with Gasteiger partial charge in [0.25, 0.3) is 5.91 Å². The molecule has 1 aliphatic heterocycles. The Morgan fingerprint density at radius 2 is 1.78 bits per heavy atom. The predicted molar refractivity (Wildman–Crippen MR) is 137 cm³/mol. The third-order valence-corrected chi connectivity index (χ3v) is 6.47. The van der Waals surface area contributed by atoms with Crippen molar-refractivity contribution in [1.82, 2.24) is 9.47 Å². The smallest absolute Gasteiger partial charge is 0.410 e. The maximum absolute atomic E-state index is 14.4. The highest BCUT2D eigenvalue weighted by Gasteiger charge is 2.30. The summed E-state index contributed by atoms with van der Waals surface area (Å²) < 4.78 is 21.2. The van der Waals surface area contributed by atoms with Crippen LogP contribution in [-0.4, -0.2) is 46.1 Å². The highest BCUT2D eigenvalue weighted by molar-refractivity contribution is 6.34. The Balaban J connectivity index is 1.46. The van der Waals surface area contributed by atoms with Crippen molar-refractivity contribution in [3.05, 3.63) is 64.6 Å². The molecule has 0 atom stereocenters. The van der Waals surface area contributed by atoms with E-state index >= 15 is 0 Å². The van der Waals surface area contributed by atoms with Gasteiger partial charge in [0.1, 0.15) is 11.4 Å². The first-order valence-corrected chi connectivity index (χ1v) is 12.2. The molecule has 0 spiro atoms. The third-order valence-electron chi connectivity index (χ3n) is 6.15. The number of ether oxygens (including phenoxy) is 1. The maximum Gasteiger partial charge on any atom is 0.410 e. The molecule has 0 bridgehead atoms. The van der Waals surface area contributed by atoms with Crippen molar-refractivity contribution in [3.8, 4) is 0 Å². The van der Waals surface area contributed by atoms with E-state index in [2.05, 4.69) is 5.32 Å². The van der Waals surface area contributed by atoms with Gasteiger partial charge in [0.05, 0.1) is 16.1 Å². The van der Waals surface area contributed by atoms with Crippen LogP contribution < -0.4 is 5.32 Å². The van der Waals surface area contributed by atoms with Gasteiger partial charge < -0.3 is 15.0 Å². The standard InChI is InChI=1S/C27H29ClFN3O4/c1-16-14-18-15-19(8-9-22(18)32(16)25(34)23-20(28)6-5-7-21(23)29)30-24(33)17-10-12-31(13-11-17)26(35)36-27(2,3)4/h5-9,14-15,17H,10-13H2,1-4H3,(H,30,33). The highest BCUT2D eigenvalue weighted by Crippen LogP contribution is 2.28. The lowest BCUT2D eigenvalue weighted by Crippen LogP contribution is -2.43. The molecule has 1 N–H and O–H groups in total. The molecule has 0 unspecified atom stereocenters. The number of rotatable bonds is 3. The van der Waals surface area contributed by atoms with Crippen molar-refractivity contribution in [3.63, 3.8) is 0 Å². The van der Waals surface area contributed by atoms with E-state index < -0.39 is 17.3 Å². The summed E-state index contributed by atoms with van der Waals surface area (Å²) >= 11 is 6.11. The van der Waals surface area contributed by atoms with Gasteiger partial charge in [-0.3, -0.25) is 14.2 Å². The molecule has 1 aliphatic rings. The fourth-order valence-corrected chi connectivity index (χ4v) is 4.65. The van der Waals surface area contributed by atoms with Gasteiger partial charge in [-0.15, -0.1) is 0 Å². The van der Waals surface area contributed by atoms with Crippen LogP contribution in [0.15, 0.2) is 42.5 Å². The van der Waals surface area contributed by atoms with Crippen molar-refractivity contribution in [2.24, 2.45) is 5.92 Å². The van der Waals surface area contributed by atoms with Gasteiger partial charge in [-0.25, -0.2) is 9.18 Å². The van der Waals surface area contributed by atoms with Crippen molar-refractivity contribution < 1.29 is 23.5 Å². The Kier molecular flexibility index (Phi) is 7.09. The zero-order valence-corrected chi connectivity index (χ0v) is 21.5. The number of nitrogens with zero attached hydrogens (tertiary/aromatic N) is 2. The topological polar surface area (TPSA) is 80.6 Å². The number of carbonyl (C=O) groups excluding carboxylic acids is 3. The Morgan fingerprint density at radius 3 is 2.42 bits per heavy atom. The number of hydrogen-bond acceptors (Lipinski definition) is 4. The lowest BCUT2D eigenvalue weighted by Gasteiger charge is -2.32. The van der Waals surface area contributed by atoms with Gasteiger partial charge in [0.15, 0.2) is 0 Å². The molecule has 0 saturated carbocycles. The molecular weight excluding hydrogens is 485 g/mol. The average molecular weight is 514 g/mol. The minimum absolute atomic E-state index is 0.0443. The molecule has 36 heavy (non-hydrogen) atoms. The van der Waals surface area contributed by atoms with Crippen LogP contribution in [0.3, 0.4) is 0 Å². The number of halogens is 2. The fourth-order valence-electron chi connectivity index (χ4n) is 4.41. The van der Waals surface area contributed by atoms with Crippen LogP contribution in [0.2, 0.25) is 5.02 Å². The van der Waals surface area contributed by atoms with Crippen molar-refractivity contribution in [2.45, 2.75) is 46.1 Å². The molecule has 0 aliphatic carbocycles. The minimum atomic E-state index is -0.685. The zero-order valence-electron chi connectivity index (χ0n) is 20.7. The summed E-state index contributed by atoms with van der Waals surface area (Å²) in [5.74, 6) is -1.59. The molecule has 1 aromatic heterocycles. The number of nitrogens with one attached hydrogen (secondary N) is 1. The normalized spacial score (nSPS) is 14.7. The Bertz CT molecular complexity index is 1320. The summed E-state index contributed by atoms with van der Waals surface area (Å²) in [4.78, 5) is 39.9.